The van der Waals surface area contributed by atoms with Gasteiger partial charge in [-0.15, -0.1) is 0 Å². The van der Waals surface area contributed by atoms with E-state index >= 15 is 0 Å². The van der Waals surface area contributed by atoms with E-state index in [1.54, 1.807) is 0 Å². The molecule has 0 heterocycles. The summed E-state index contributed by atoms with van der Waals surface area (Å²) in [4.78, 5) is 0. The van der Waals surface area contributed by atoms with Crippen molar-refractivity contribution < 1.29 is 4.43 Å². The predicted molar refractivity (Wildman–Crippen MR) is 48.8 cm³/mol. The smallest absolute Gasteiger partial charge is 0.185 e. The average molecular weight is 158 g/mol. The highest BCUT2D eigenvalue weighted by atomic mass is 28.2. The Morgan fingerprint density at radius 3 is 2.60 bits per heavy atom. The van der Waals surface area contributed by atoms with Crippen LogP contribution in [0.15, 0.2) is 11.3 Å². The molecule has 0 rings (SSSR count). The van der Waals surface area contributed by atoms with Crippen molar-refractivity contribution in [3.63, 3.8) is 0 Å². The summed E-state index contributed by atoms with van der Waals surface area (Å²) in [6.45, 7) is 8.52. The minimum Gasteiger partial charge on any atom is -0.417 e. The van der Waals surface area contributed by atoms with Crippen LogP contribution in [0.25, 0.3) is 0 Å². The highest BCUT2D eigenvalue weighted by molar-refractivity contribution is 6.34. The monoisotopic (exact) mass is 158 g/mol. The highest BCUT2D eigenvalue weighted by Gasteiger charge is 1.94. The van der Waals surface area contributed by atoms with Crippen LogP contribution in [0.1, 0.15) is 34.1 Å². The molecule has 0 aromatic heterocycles. The van der Waals surface area contributed by atoms with Crippen molar-refractivity contribution in [2.45, 2.75) is 40.2 Å². The predicted octanol–water partition coefficient (Wildman–Crippen LogP) is 1.81. The van der Waals surface area contributed by atoms with E-state index in [1.165, 1.54) is 5.57 Å². The fourth-order valence-corrected chi connectivity index (χ4v) is 1.49. The minimum atomic E-state index is -0.357. The van der Waals surface area contributed by atoms with Gasteiger partial charge in [0.05, 0.1) is 0 Å². The lowest BCUT2D eigenvalue weighted by molar-refractivity contribution is 0.232. The summed E-state index contributed by atoms with van der Waals surface area (Å²) in [5, 5.41) is 0. The molecule has 0 N–H and O–H groups in total. The van der Waals surface area contributed by atoms with Crippen LogP contribution in [0.2, 0.25) is 0 Å². The van der Waals surface area contributed by atoms with Crippen LogP contribution in [-0.2, 0) is 4.43 Å². The normalized spacial score (nSPS) is 14.0. The zero-order valence-corrected chi connectivity index (χ0v) is 8.89. The molecule has 1 atom stereocenters. The molecule has 0 amide bonds. The Labute approximate surface area is 66.4 Å². The van der Waals surface area contributed by atoms with Crippen molar-refractivity contribution in [2.24, 2.45) is 0 Å². The zero-order chi connectivity index (χ0) is 7.98. The van der Waals surface area contributed by atoms with Crippen LogP contribution in [0.5, 0.6) is 0 Å². The van der Waals surface area contributed by atoms with Gasteiger partial charge < -0.3 is 4.43 Å². The molecule has 2 heteroatoms. The number of hydrogen-bond donors (Lipinski definition) is 0. The van der Waals surface area contributed by atoms with E-state index in [9.17, 15) is 0 Å². The fourth-order valence-electron chi connectivity index (χ4n) is 0.497. The van der Waals surface area contributed by atoms with E-state index in [2.05, 4.69) is 33.4 Å². The second kappa shape index (κ2) is 5.68. The second-order valence-corrected chi connectivity index (χ2v) is 3.91. The van der Waals surface area contributed by atoms with E-state index < -0.39 is 0 Å². The van der Waals surface area contributed by atoms with Gasteiger partial charge in [-0.25, -0.2) is 0 Å². The fraction of sp³-hybridized carbons (Fsp3) is 0.750. The first-order chi connectivity index (χ1) is 4.66. The van der Waals surface area contributed by atoms with E-state index in [-0.39, 0.29) is 9.76 Å². The lowest BCUT2D eigenvalue weighted by Crippen LogP contribution is -2.08. The topological polar surface area (TPSA) is 9.23 Å². The van der Waals surface area contributed by atoms with Crippen molar-refractivity contribution in [3.05, 3.63) is 11.3 Å². The molecular formula is C8H18OSi. The molecule has 1 nitrogen and oxygen atoms in total. The van der Waals surface area contributed by atoms with Gasteiger partial charge in [0, 0.05) is 6.10 Å². The van der Waals surface area contributed by atoms with Crippen molar-refractivity contribution in [2.75, 3.05) is 0 Å². The minimum absolute atomic E-state index is 0.357. The highest BCUT2D eigenvalue weighted by Crippen LogP contribution is 1.95. The first kappa shape index (κ1) is 9.92. The van der Waals surface area contributed by atoms with Gasteiger partial charge in [0.2, 0.25) is 0 Å². The zero-order valence-electron chi connectivity index (χ0n) is 7.48. The largest absolute Gasteiger partial charge is 0.417 e. The van der Waals surface area contributed by atoms with Gasteiger partial charge in [0.15, 0.2) is 9.76 Å². The van der Waals surface area contributed by atoms with Crippen LogP contribution in [-0.4, -0.2) is 15.9 Å². The standard InChI is InChI=1S/C8H18OSi/c1-5-8(4)9-10-6-7(2)3/h6,8H,5,10H2,1-4H3. The maximum Gasteiger partial charge on any atom is 0.185 e. The summed E-state index contributed by atoms with van der Waals surface area (Å²) < 4.78 is 5.56. The third-order valence-corrected chi connectivity index (χ3v) is 3.19. The molecule has 0 aliphatic rings. The molecule has 0 saturated heterocycles. The van der Waals surface area contributed by atoms with Crippen LogP contribution in [0, 0.1) is 0 Å². The van der Waals surface area contributed by atoms with Crippen LogP contribution >= 0.6 is 0 Å². The first-order valence-corrected chi connectivity index (χ1v) is 5.31. The number of allylic oxidation sites excluding steroid dienone is 1. The average Bonchev–Trinajstić information content (AvgIpc) is 1.87. The molecule has 60 valence electrons. The molecular weight excluding hydrogens is 140 g/mol. The van der Waals surface area contributed by atoms with Gasteiger partial charge >= 0.3 is 0 Å². The molecule has 0 bridgehead atoms. The molecule has 0 aromatic rings. The molecule has 0 aromatic carbocycles. The van der Waals surface area contributed by atoms with Gasteiger partial charge in [0.1, 0.15) is 0 Å². The van der Waals surface area contributed by atoms with Gasteiger partial charge in [-0.2, -0.15) is 0 Å². The second-order valence-electron chi connectivity index (χ2n) is 2.83. The van der Waals surface area contributed by atoms with Gasteiger partial charge in [0.25, 0.3) is 0 Å². The number of rotatable bonds is 4. The Hall–Kier alpha value is -0.0831. The lowest BCUT2D eigenvalue weighted by Gasteiger charge is -2.07. The van der Waals surface area contributed by atoms with Crippen LogP contribution in [0.3, 0.4) is 0 Å². The van der Waals surface area contributed by atoms with E-state index in [0.717, 1.165) is 6.42 Å². The van der Waals surface area contributed by atoms with Crippen molar-refractivity contribution in [1.29, 1.82) is 0 Å². The van der Waals surface area contributed by atoms with E-state index in [1.807, 2.05) is 0 Å². The van der Waals surface area contributed by atoms with Gasteiger partial charge in [-0.05, 0) is 27.2 Å². The summed E-state index contributed by atoms with van der Waals surface area (Å²) in [6.07, 6.45) is 1.59. The Balaban J connectivity index is 3.28. The third kappa shape index (κ3) is 6.04. The van der Waals surface area contributed by atoms with Gasteiger partial charge in [-0.1, -0.05) is 18.2 Å². The quantitative estimate of drug-likeness (QED) is 0.567. The third-order valence-electron chi connectivity index (χ3n) is 1.45. The lowest BCUT2D eigenvalue weighted by atomic mass is 10.3. The Kier molecular flexibility index (Phi) is 5.64. The summed E-state index contributed by atoms with van der Waals surface area (Å²) in [5.41, 5.74) is 3.63. The summed E-state index contributed by atoms with van der Waals surface area (Å²) >= 11 is 0. The molecule has 1 unspecified atom stereocenters. The van der Waals surface area contributed by atoms with E-state index in [0.29, 0.717) is 6.10 Å². The maximum absolute atomic E-state index is 5.56. The Bertz CT molecular complexity index is 106. The van der Waals surface area contributed by atoms with Crippen LogP contribution in [0.4, 0.5) is 0 Å². The first-order valence-electron chi connectivity index (χ1n) is 3.91. The van der Waals surface area contributed by atoms with Crippen molar-refractivity contribution in [3.8, 4) is 0 Å². The summed E-state index contributed by atoms with van der Waals surface area (Å²) in [6, 6.07) is 0. The maximum atomic E-state index is 5.56. The van der Waals surface area contributed by atoms with Gasteiger partial charge in [-0.3, -0.25) is 0 Å². The van der Waals surface area contributed by atoms with Crippen molar-refractivity contribution >= 4 is 9.76 Å². The molecule has 0 aliphatic heterocycles. The van der Waals surface area contributed by atoms with E-state index in [4.69, 9.17) is 4.43 Å². The summed E-state index contributed by atoms with van der Waals surface area (Å²) in [7, 11) is -0.357. The molecule has 0 radical (unpaired) electrons. The molecule has 0 spiro atoms. The number of hydrogen-bond acceptors (Lipinski definition) is 1. The van der Waals surface area contributed by atoms with Crippen LogP contribution < -0.4 is 0 Å². The Morgan fingerprint density at radius 1 is 1.60 bits per heavy atom. The summed E-state index contributed by atoms with van der Waals surface area (Å²) in [5.74, 6) is 0. The molecule has 10 heavy (non-hydrogen) atoms. The van der Waals surface area contributed by atoms with Crippen molar-refractivity contribution in [1.82, 2.24) is 0 Å². The molecule has 0 saturated carbocycles. The SMILES string of the molecule is CCC(C)O[SiH2]C=C(C)C. The molecule has 0 fully saturated rings. The Morgan fingerprint density at radius 2 is 2.20 bits per heavy atom. The molecule has 0 aliphatic carbocycles.